The standard InChI is InChI=1S/C17H27N5O2/c1-14-3-2-5-22(13-14)16-12-19-15(11-20-16)17(23)18-4-6-21-7-9-24-10-8-21/h11-12,14H,2-10,13H2,1H3,(H,18,23). The van der Waals surface area contributed by atoms with Gasteiger partial charge in [-0.2, -0.15) is 0 Å². The van der Waals surface area contributed by atoms with Crippen LogP contribution in [0, 0.1) is 5.92 Å². The van der Waals surface area contributed by atoms with E-state index < -0.39 is 0 Å². The number of nitrogens with one attached hydrogen (secondary N) is 1. The Kier molecular flexibility index (Phi) is 5.98. The first-order valence-electron chi connectivity index (χ1n) is 8.87. The minimum absolute atomic E-state index is 0.158. The van der Waals surface area contributed by atoms with E-state index in [1.54, 1.807) is 12.4 Å². The number of piperidine rings is 1. The Morgan fingerprint density at radius 2 is 2.12 bits per heavy atom. The van der Waals surface area contributed by atoms with E-state index in [2.05, 4.69) is 32.0 Å². The van der Waals surface area contributed by atoms with Gasteiger partial charge in [-0.1, -0.05) is 6.92 Å². The maximum absolute atomic E-state index is 12.2. The molecule has 0 aliphatic carbocycles. The Hall–Kier alpha value is -1.73. The highest BCUT2D eigenvalue weighted by molar-refractivity contribution is 5.92. The van der Waals surface area contributed by atoms with Gasteiger partial charge >= 0.3 is 0 Å². The fraction of sp³-hybridized carbons (Fsp3) is 0.706. The number of carbonyl (C=O) groups excluding carboxylic acids is 1. The minimum atomic E-state index is -0.158. The van der Waals surface area contributed by atoms with Crippen LogP contribution in [0.15, 0.2) is 12.4 Å². The van der Waals surface area contributed by atoms with Crippen molar-refractivity contribution in [3.63, 3.8) is 0 Å². The van der Waals surface area contributed by atoms with Crippen LogP contribution in [0.1, 0.15) is 30.3 Å². The Labute approximate surface area is 143 Å². The molecule has 0 spiro atoms. The average molecular weight is 333 g/mol. The molecule has 2 aliphatic rings. The van der Waals surface area contributed by atoms with Crippen molar-refractivity contribution in [3.05, 3.63) is 18.1 Å². The molecule has 3 heterocycles. The predicted molar refractivity (Wildman–Crippen MR) is 92.2 cm³/mol. The van der Waals surface area contributed by atoms with E-state index in [1.165, 1.54) is 12.8 Å². The largest absolute Gasteiger partial charge is 0.379 e. The van der Waals surface area contributed by atoms with Crippen molar-refractivity contribution in [2.75, 3.05) is 57.4 Å². The third-order valence-corrected chi connectivity index (χ3v) is 4.67. The summed E-state index contributed by atoms with van der Waals surface area (Å²) in [6, 6.07) is 0. The SMILES string of the molecule is CC1CCCN(c2cnc(C(=O)NCCN3CCOCC3)cn2)C1. The summed E-state index contributed by atoms with van der Waals surface area (Å²) < 4.78 is 5.31. The Morgan fingerprint density at radius 3 is 2.83 bits per heavy atom. The van der Waals surface area contributed by atoms with Crippen LogP contribution in [-0.4, -0.2) is 73.3 Å². The van der Waals surface area contributed by atoms with Gasteiger partial charge in [0.1, 0.15) is 11.5 Å². The second kappa shape index (κ2) is 8.39. The van der Waals surface area contributed by atoms with Crippen LogP contribution in [0.25, 0.3) is 0 Å². The molecule has 24 heavy (non-hydrogen) atoms. The Morgan fingerprint density at radius 1 is 1.29 bits per heavy atom. The number of aromatic nitrogens is 2. The molecule has 3 rings (SSSR count). The lowest BCUT2D eigenvalue weighted by Crippen LogP contribution is -2.41. The summed E-state index contributed by atoms with van der Waals surface area (Å²) in [7, 11) is 0. The first-order chi connectivity index (χ1) is 11.7. The van der Waals surface area contributed by atoms with Gasteiger partial charge in [-0.15, -0.1) is 0 Å². The molecule has 1 N–H and O–H groups in total. The van der Waals surface area contributed by atoms with E-state index >= 15 is 0 Å². The number of anilines is 1. The van der Waals surface area contributed by atoms with Crippen molar-refractivity contribution >= 4 is 11.7 Å². The van der Waals surface area contributed by atoms with E-state index in [0.717, 1.165) is 51.8 Å². The van der Waals surface area contributed by atoms with Crippen LogP contribution in [0.2, 0.25) is 0 Å². The van der Waals surface area contributed by atoms with Gasteiger partial charge in [0, 0.05) is 39.3 Å². The summed E-state index contributed by atoms with van der Waals surface area (Å²) in [6.07, 6.45) is 5.76. The summed E-state index contributed by atoms with van der Waals surface area (Å²) in [6.45, 7) is 9.15. The predicted octanol–water partition coefficient (Wildman–Crippen LogP) is 0.775. The molecule has 1 amide bonds. The third kappa shape index (κ3) is 4.64. The number of carbonyl (C=O) groups is 1. The minimum Gasteiger partial charge on any atom is -0.379 e. The Balaban J connectivity index is 1.46. The first kappa shape index (κ1) is 17.1. The topological polar surface area (TPSA) is 70.6 Å². The van der Waals surface area contributed by atoms with Gasteiger partial charge in [-0.25, -0.2) is 9.97 Å². The molecule has 1 aromatic heterocycles. The second-order valence-corrected chi connectivity index (χ2v) is 6.66. The fourth-order valence-electron chi connectivity index (χ4n) is 3.24. The number of morpholine rings is 1. The zero-order valence-corrected chi connectivity index (χ0v) is 14.4. The summed E-state index contributed by atoms with van der Waals surface area (Å²) in [5, 5.41) is 2.91. The molecule has 0 aromatic carbocycles. The zero-order chi connectivity index (χ0) is 16.8. The van der Waals surface area contributed by atoms with Gasteiger partial charge in [0.15, 0.2) is 0 Å². The first-order valence-corrected chi connectivity index (χ1v) is 8.87. The lowest BCUT2D eigenvalue weighted by atomic mass is 10.0. The van der Waals surface area contributed by atoms with Crippen LogP contribution in [0.4, 0.5) is 5.82 Å². The number of hydrogen-bond donors (Lipinski definition) is 1. The molecule has 0 radical (unpaired) electrons. The van der Waals surface area contributed by atoms with Crippen molar-refractivity contribution in [2.24, 2.45) is 5.92 Å². The monoisotopic (exact) mass is 333 g/mol. The number of rotatable bonds is 5. The molecular formula is C17H27N5O2. The van der Waals surface area contributed by atoms with Gasteiger partial charge in [0.25, 0.3) is 5.91 Å². The molecule has 7 nitrogen and oxygen atoms in total. The molecule has 2 fully saturated rings. The Bertz CT molecular complexity index is 530. The smallest absolute Gasteiger partial charge is 0.271 e. The number of nitrogens with zero attached hydrogens (tertiary/aromatic N) is 4. The average Bonchev–Trinajstić information content (AvgIpc) is 2.63. The third-order valence-electron chi connectivity index (χ3n) is 4.67. The maximum Gasteiger partial charge on any atom is 0.271 e. The van der Waals surface area contributed by atoms with Crippen LogP contribution < -0.4 is 10.2 Å². The van der Waals surface area contributed by atoms with Crippen LogP contribution in [0.5, 0.6) is 0 Å². The summed E-state index contributed by atoms with van der Waals surface area (Å²) >= 11 is 0. The highest BCUT2D eigenvalue weighted by Gasteiger charge is 2.18. The van der Waals surface area contributed by atoms with Gasteiger partial charge in [-0.05, 0) is 18.8 Å². The van der Waals surface area contributed by atoms with Crippen LogP contribution in [0.3, 0.4) is 0 Å². The quantitative estimate of drug-likeness (QED) is 0.858. The lowest BCUT2D eigenvalue weighted by Gasteiger charge is -2.31. The van der Waals surface area contributed by atoms with E-state index in [0.29, 0.717) is 18.2 Å². The van der Waals surface area contributed by atoms with E-state index in [4.69, 9.17) is 4.74 Å². The molecule has 1 atom stereocenters. The molecule has 0 saturated carbocycles. The molecule has 1 unspecified atom stereocenters. The summed E-state index contributed by atoms with van der Waals surface area (Å²) in [4.78, 5) is 25.4. The molecule has 132 valence electrons. The highest BCUT2D eigenvalue weighted by Crippen LogP contribution is 2.20. The van der Waals surface area contributed by atoms with Gasteiger partial charge in [0.2, 0.25) is 0 Å². The van der Waals surface area contributed by atoms with E-state index in [1.807, 2.05) is 0 Å². The second-order valence-electron chi connectivity index (χ2n) is 6.66. The van der Waals surface area contributed by atoms with Gasteiger partial charge in [0.05, 0.1) is 25.6 Å². The number of ether oxygens (including phenoxy) is 1. The molecule has 2 aliphatic heterocycles. The maximum atomic E-state index is 12.2. The number of amides is 1. The molecule has 1 aromatic rings. The van der Waals surface area contributed by atoms with E-state index in [-0.39, 0.29) is 5.91 Å². The molecule has 2 saturated heterocycles. The molecule has 7 heteroatoms. The molecular weight excluding hydrogens is 306 g/mol. The highest BCUT2D eigenvalue weighted by atomic mass is 16.5. The van der Waals surface area contributed by atoms with Crippen molar-refractivity contribution in [1.82, 2.24) is 20.2 Å². The lowest BCUT2D eigenvalue weighted by molar-refractivity contribution is 0.0383. The van der Waals surface area contributed by atoms with Gasteiger partial charge in [-0.3, -0.25) is 9.69 Å². The fourth-order valence-corrected chi connectivity index (χ4v) is 3.24. The summed E-state index contributed by atoms with van der Waals surface area (Å²) in [5.74, 6) is 1.39. The zero-order valence-electron chi connectivity index (χ0n) is 14.4. The van der Waals surface area contributed by atoms with Crippen LogP contribution in [-0.2, 0) is 4.74 Å². The van der Waals surface area contributed by atoms with Crippen LogP contribution >= 0.6 is 0 Å². The van der Waals surface area contributed by atoms with Crippen molar-refractivity contribution < 1.29 is 9.53 Å². The van der Waals surface area contributed by atoms with Crippen molar-refractivity contribution in [3.8, 4) is 0 Å². The summed E-state index contributed by atoms with van der Waals surface area (Å²) in [5.41, 5.74) is 0.380. The number of hydrogen-bond acceptors (Lipinski definition) is 6. The van der Waals surface area contributed by atoms with Gasteiger partial charge < -0.3 is 15.0 Å². The van der Waals surface area contributed by atoms with Crippen molar-refractivity contribution in [2.45, 2.75) is 19.8 Å². The van der Waals surface area contributed by atoms with Crippen molar-refractivity contribution in [1.29, 1.82) is 0 Å². The normalized spacial score (nSPS) is 22.4. The molecule has 0 bridgehead atoms. The van der Waals surface area contributed by atoms with E-state index in [9.17, 15) is 4.79 Å².